The van der Waals surface area contributed by atoms with Crippen molar-refractivity contribution in [2.24, 2.45) is 5.14 Å². The number of aromatic nitrogens is 6. The summed E-state index contributed by atoms with van der Waals surface area (Å²) in [4.78, 5) is 16.3. The minimum atomic E-state index is -3.67. The Morgan fingerprint density at radius 3 is 2.54 bits per heavy atom. The highest BCUT2D eigenvalue weighted by Gasteiger charge is 2.16. The summed E-state index contributed by atoms with van der Waals surface area (Å²) in [7, 11) is -3.67. The largest absolute Gasteiger partial charge is 0.352 e. The van der Waals surface area contributed by atoms with Gasteiger partial charge in [0.2, 0.25) is 10.0 Å². The van der Waals surface area contributed by atoms with Crippen molar-refractivity contribution in [3.05, 3.63) is 84.8 Å². The van der Waals surface area contributed by atoms with Crippen LogP contribution in [-0.2, 0) is 16.4 Å². The number of nitrogens with zero attached hydrogens (tertiary/aromatic N) is 4. The number of hydrogen-bond acceptors (Lipinski definition) is 6. The van der Waals surface area contributed by atoms with E-state index in [4.69, 9.17) is 5.14 Å². The van der Waals surface area contributed by atoms with Gasteiger partial charge in [-0.1, -0.05) is 6.07 Å². The third kappa shape index (κ3) is 4.57. The first-order valence-electron chi connectivity index (χ1n) is 11.4. The lowest BCUT2D eigenvalue weighted by Crippen LogP contribution is -2.18. The topological polar surface area (TPSA) is 143 Å². The molecule has 4 N–H and O–H groups in total. The second kappa shape index (κ2) is 8.87. The Morgan fingerprint density at radius 2 is 1.73 bits per heavy atom. The zero-order valence-corrected chi connectivity index (χ0v) is 20.1. The van der Waals surface area contributed by atoms with E-state index in [9.17, 15) is 12.8 Å². The molecule has 6 aromatic rings. The van der Waals surface area contributed by atoms with Crippen LogP contribution in [0.4, 0.5) is 4.39 Å². The molecule has 9 nitrogen and oxygen atoms in total. The minimum Gasteiger partial charge on any atom is -0.352 e. The third-order valence-electron chi connectivity index (χ3n) is 6.18. The lowest BCUT2D eigenvalue weighted by atomic mass is 10.0. The summed E-state index contributed by atoms with van der Waals surface area (Å²) in [5.74, 6) is -0.737. The molecule has 0 amide bonds. The third-order valence-corrected chi connectivity index (χ3v) is 6.96. The summed E-state index contributed by atoms with van der Waals surface area (Å²) in [5.41, 5.74) is 6.61. The summed E-state index contributed by atoms with van der Waals surface area (Å²) >= 11 is 0. The Morgan fingerprint density at radius 1 is 0.892 bits per heavy atom. The smallest absolute Gasteiger partial charge is 0.209 e. The van der Waals surface area contributed by atoms with Gasteiger partial charge in [0, 0.05) is 46.7 Å². The number of rotatable bonds is 6. The molecule has 5 aromatic heterocycles. The number of nitrogens with one attached hydrogen (secondary N) is 2. The maximum atomic E-state index is 14.5. The monoisotopic (exact) mass is 513 g/mol. The molecule has 184 valence electrons. The van der Waals surface area contributed by atoms with Gasteiger partial charge in [0.25, 0.3) is 0 Å². The molecule has 0 aliphatic heterocycles. The van der Waals surface area contributed by atoms with Gasteiger partial charge in [-0.05, 0) is 59.5 Å². The van der Waals surface area contributed by atoms with E-state index >= 15 is 0 Å². The van der Waals surface area contributed by atoms with E-state index < -0.39 is 15.8 Å². The van der Waals surface area contributed by atoms with Crippen LogP contribution in [-0.4, -0.2) is 44.3 Å². The molecule has 0 aliphatic rings. The Balaban J connectivity index is 1.44. The molecule has 5 heterocycles. The van der Waals surface area contributed by atoms with Crippen molar-refractivity contribution in [1.29, 1.82) is 0 Å². The first kappa shape index (κ1) is 23.0. The summed E-state index contributed by atoms with van der Waals surface area (Å²) in [5, 5.41) is 14.2. The van der Waals surface area contributed by atoms with Gasteiger partial charge in [0.15, 0.2) is 5.65 Å². The van der Waals surface area contributed by atoms with Crippen molar-refractivity contribution in [3.8, 4) is 33.6 Å². The van der Waals surface area contributed by atoms with E-state index in [1.807, 2.05) is 24.3 Å². The molecular formula is C26H20FN7O2S. The van der Waals surface area contributed by atoms with Crippen molar-refractivity contribution in [2.45, 2.75) is 6.42 Å². The normalized spacial score (nSPS) is 11.9. The predicted molar refractivity (Wildman–Crippen MR) is 139 cm³/mol. The van der Waals surface area contributed by atoms with E-state index in [-0.39, 0.29) is 12.2 Å². The molecule has 0 aliphatic carbocycles. The van der Waals surface area contributed by atoms with E-state index in [0.717, 1.165) is 38.8 Å². The predicted octanol–water partition coefficient (Wildman–Crippen LogP) is 4.20. The van der Waals surface area contributed by atoms with Crippen molar-refractivity contribution < 1.29 is 12.8 Å². The summed E-state index contributed by atoms with van der Waals surface area (Å²) < 4.78 is 37.2. The number of H-pyrrole nitrogens is 2. The average Bonchev–Trinajstić information content (AvgIpc) is 3.51. The van der Waals surface area contributed by atoms with Crippen LogP contribution in [0, 0.1) is 5.82 Å². The Labute approximate surface area is 210 Å². The van der Waals surface area contributed by atoms with Crippen LogP contribution in [0.3, 0.4) is 0 Å². The minimum absolute atomic E-state index is 0.109. The van der Waals surface area contributed by atoms with Crippen LogP contribution in [0.1, 0.15) is 5.56 Å². The van der Waals surface area contributed by atoms with E-state index in [0.29, 0.717) is 22.3 Å². The highest BCUT2D eigenvalue weighted by molar-refractivity contribution is 7.89. The fourth-order valence-electron chi connectivity index (χ4n) is 4.43. The molecule has 0 fully saturated rings. The molecule has 0 bridgehead atoms. The van der Waals surface area contributed by atoms with Crippen LogP contribution in [0.2, 0.25) is 0 Å². The number of primary sulfonamides is 1. The summed E-state index contributed by atoms with van der Waals surface area (Å²) in [6, 6.07) is 12.3. The zero-order chi connectivity index (χ0) is 25.6. The Bertz CT molecular complexity index is 1880. The zero-order valence-electron chi connectivity index (χ0n) is 19.3. The maximum Gasteiger partial charge on any atom is 0.209 e. The van der Waals surface area contributed by atoms with Crippen LogP contribution < -0.4 is 5.14 Å². The van der Waals surface area contributed by atoms with Gasteiger partial charge in [0.1, 0.15) is 5.82 Å². The Hall–Kier alpha value is -4.48. The van der Waals surface area contributed by atoms with Crippen LogP contribution in [0.25, 0.3) is 55.6 Å². The molecule has 11 heteroatoms. The van der Waals surface area contributed by atoms with Gasteiger partial charge >= 0.3 is 0 Å². The molecule has 0 atom stereocenters. The highest BCUT2D eigenvalue weighted by Crippen LogP contribution is 2.34. The quantitative estimate of drug-likeness (QED) is 0.305. The SMILES string of the molecule is NS(=O)(=O)CCc1cc(F)cc(-c2cncc3[nH]c(-c4[nH]nc5ncc(-c6ccncc6)cc45)cc23)c1. The van der Waals surface area contributed by atoms with E-state index in [2.05, 4.69) is 30.1 Å². The highest BCUT2D eigenvalue weighted by atomic mass is 32.2. The van der Waals surface area contributed by atoms with Crippen molar-refractivity contribution in [2.75, 3.05) is 5.75 Å². The molecular weight excluding hydrogens is 493 g/mol. The fourth-order valence-corrected chi connectivity index (χ4v) is 4.95. The summed E-state index contributed by atoms with van der Waals surface area (Å²) in [6.45, 7) is 0. The van der Waals surface area contributed by atoms with Crippen molar-refractivity contribution in [3.63, 3.8) is 0 Å². The van der Waals surface area contributed by atoms with E-state index in [1.165, 1.54) is 12.1 Å². The number of sulfonamides is 1. The second-order valence-electron chi connectivity index (χ2n) is 8.73. The molecule has 0 saturated heterocycles. The van der Waals surface area contributed by atoms with Gasteiger partial charge in [0.05, 0.1) is 28.9 Å². The Kier molecular flexibility index (Phi) is 5.50. The van der Waals surface area contributed by atoms with Gasteiger partial charge in [-0.25, -0.2) is 22.9 Å². The first-order valence-corrected chi connectivity index (χ1v) is 13.1. The lowest BCUT2D eigenvalue weighted by Gasteiger charge is -2.07. The molecule has 6 rings (SSSR count). The molecule has 0 saturated carbocycles. The molecule has 0 spiro atoms. The van der Waals surface area contributed by atoms with E-state index in [1.54, 1.807) is 37.1 Å². The van der Waals surface area contributed by atoms with Crippen molar-refractivity contribution in [1.82, 2.24) is 30.1 Å². The van der Waals surface area contributed by atoms with Crippen molar-refractivity contribution >= 4 is 32.0 Å². The number of fused-ring (bicyclic) bond motifs is 2. The fraction of sp³-hybridized carbons (Fsp3) is 0.0769. The van der Waals surface area contributed by atoms with Gasteiger partial charge in [-0.3, -0.25) is 15.1 Å². The number of aromatic amines is 2. The maximum absolute atomic E-state index is 14.5. The molecule has 0 radical (unpaired) electrons. The lowest BCUT2D eigenvalue weighted by molar-refractivity contribution is 0.596. The molecule has 37 heavy (non-hydrogen) atoms. The van der Waals surface area contributed by atoms with Gasteiger partial charge in [-0.2, -0.15) is 5.10 Å². The van der Waals surface area contributed by atoms with Gasteiger partial charge in [-0.15, -0.1) is 0 Å². The number of halogens is 1. The number of benzene rings is 1. The standard InChI is InChI=1S/C26H20FN7O2S/c27-19-8-15(3-6-37(28,35)36)7-17(9-19)22-13-30-14-24-20(22)11-23(32-24)25-21-10-18(12-31-26(21)34-33-25)16-1-4-29-5-2-16/h1-2,4-5,7-14,32H,3,6H2,(H2,28,35,36)(H,31,33,34). The first-order chi connectivity index (χ1) is 17.8. The number of nitrogens with two attached hydrogens (primary N) is 1. The second-order valence-corrected chi connectivity index (χ2v) is 10.5. The number of pyridine rings is 3. The molecule has 1 aromatic carbocycles. The summed E-state index contributed by atoms with van der Waals surface area (Å²) in [6.07, 6.45) is 8.70. The number of hydrogen-bond donors (Lipinski definition) is 3. The van der Waals surface area contributed by atoms with Gasteiger partial charge < -0.3 is 4.98 Å². The van der Waals surface area contributed by atoms with Crippen LogP contribution >= 0.6 is 0 Å². The molecule has 0 unspecified atom stereocenters. The number of aryl methyl sites for hydroxylation is 1. The van der Waals surface area contributed by atoms with Crippen LogP contribution in [0.5, 0.6) is 0 Å². The average molecular weight is 514 g/mol. The van der Waals surface area contributed by atoms with Crippen LogP contribution in [0.15, 0.2) is 73.4 Å².